The summed E-state index contributed by atoms with van der Waals surface area (Å²) < 4.78 is 5.46. The minimum atomic E-state index is 0.689. The van der Waals surface area contributed by atoms with Crippen LogP contribution in [-0.4, -0.2) is 44.9 Å². The van der Waals surface area contributed by atoms with E-state index in [0.717, 1.165) is 51.5 Å². The summed E-state index contributed by atoms with van der Waals surface area (Å²) in [7, 11) is 1.80. The molecule has 1 aliphatic heterocycles. The van der Waals surface area contributed by atoms with Crippen LogP contribution in [0.15, 0.2) is 30.3 Å². The van der Waals surface area contributed by atoms with Gasteiger partial charge in [-0.15, -0.1) is 10.2 Å². The van der Waals surface area contributed by atoms with Gasteiger partial charge in [0.25, 0.3) is 0 Å². The van der Waals surface area contributed by atoms with Crippen molar-refractivity contribution in [2.45, 2.75) is 25.9 Å². The third-order valence-corrected chi connectivity index (χ3v) is 4.02. The summed E-state index contributed by atoms with van der Waals surface area (Å²) in [6, 6.07) is 10.6. The van der Waals surface area contributed by atoms with Gasteiger partial charge in [-0.3, -0.25) is 4.90 Å². The van der Waals surface area contributed by atoms with Crippen molar-refractivity contribution < 1.29 is 4.74 Å². The minimum absolute atomic E-state index is 0.689. The highest BCUT2D eigenvalue weighted by Crippen LogP contribution is 2.18. The summed E-state index contributed by atoms with van der Waals surface area (Å²) in [6.45, 7) is 4.47. The molecule has 0 unspecified atom stereocenters. The maximum absolute atomic E-state index is 5.46. The summed E-state index contributed by atoms with van der Waals surface area (Å²) in [5.41, 5.74) is 1.32. The average molecular weight is 301 g/mol. The molecule has 6 nitrogen and oxygen atoms in total. The van der Waals surface area contributed by atoms with Crippen LogP contribution in [0.1, 0.15) is 24.2 Å². The van der Waals surface area contributed by atoms with Crippen LogP contribution in [0.2, 0.25) is 0 Å². The van der Waals surface area contributed by atoms with Gasteiger partial charge < -0.3 is 4.74 Å². The maximum Gasteiger partial charge on any atom is 0.188 e. The Morgan fingerprint density at radius 3 is 2.64 bits per heavy atom. The zero-order valence-electron chi connectivity index (χ0n) is 13.1. The molecule has 3 rings (SSSR count). The van der Waals surface area contributed by atoms with Crippen molar-refractivity contribution in [1.29, 1.82) is 0 Å². The largest absolute Gasteiger partial charge is 0.381 e. The number of hydrogen-bond donors (Lipinski definition) is 0. The van der Waals surface area contributed by atoms with Gasteiger partial charge in [-0.2, -0.15) is 4.80 Å². The number of benzene rings is 1. The molecule has 0 saturated carbocycles. The second-order valence-electron chi connectivity index (χ2n) is 5.91. The molecule has 118 valence electrons. The Morgan fingerprint density at radius 1 is 1.18 bits per heavy atom. The van der Waals surface area contributed by atoms with E-state index in [9.17, 15) is 0 Å². The lowest BCUT2D eigenvalue weighted by atomic mass is 9.99. The fourth-order valence-corrected chi connectivity index (χ4v) is 2.91. The second kappa shape index (κ2) is 7.47. The quantitative estimate of drug-likeness (QED) is 0.812. The Labute approximate surface area is 131 Å². The van der Waals surface area contributed by atoms with E-state index >= 15 is 0 Å². The standard InChI is InChI=1S/C16H23N5O/c1-20-18-16(17-19-20)13-21(11-14-5-3-2-4-6-14)12-15-7-9-22-10-8-15/h2-6,15H,7-13H2,1H3. The number of tetrazole rings is 1. The molecular weight excluding hydrogens is 278 g/mol. The van der Waals surface area contributed by atoms with Crippen molar-refractivity contribution in [2.75, 3.05) is 19.8 Å². The van der Waals surface area contributed by atoms with Crippen LogP contribution in [0.3, 0.4) is 0 Å². The van der Waals surface area contributed by atoms with Gasteiger partial charge in [0.2, 0.25) is 0 Å². The lowest BCUT2D eigenvalue weighted by Crippen LogP contribution is -2.32. The van der Waals surface area contributed by atoms with E-state index < -0.39 is 0 Å². The molecule has 22 heavy (non-hydrogen) atoms. The maximum atomic E-state index is 5.46. The normalized spacial score (nSPS) is 16.3. The van der Waals surface area contributed by atoms with Gasteiger partial charge >= 0.3 is 0 Å². The van der Waals surface area contributed by atoms with Gasteiger partial charge in [0.05, 0.1) is 13.6 Å². The highest BCUT2D eigenvalue weighted by atomic mass is 16.5. The molecule has 1 fully saturated rings. The number of aromatic nitrogens is 4. The van der Waals surface area contributed by atoms with E-state index in [2.05, 4.69) is 50.6 Å². The minimum Gasteiger partial charge on any atom is -0.381 e. The lowest BCUT2D eigenvalue weighted by molar-refractivity contribution is 0.0498. The third kappa shape index (κ3) is 4.35. The van der Waals surface area contributed by atoms with E-state index in [1.807, 2.05) is 0 Å². The third-order valence-electron chi connectivity index (χ3n) is 4.02. The highest BCUT2D eigenvalue weighted by molar-refractivity contribution is 5.14. The Balaban J connectivity index is 1.66. The molecule has 1 aliphatic rings. The van der Waals surface area contributed by atoms with Gasteiger partial charge in [-0.05, 0) is 29.5 Å². The van der Waals surface area contributed by atoms with Crippen LogP contribution < -0.4 is 0 Å². The van der Waals surface area contributed by atoms with E-state index in [1.165, 1.54) is 10.4 Å². The molecule has 0 aliphatic carbocycles. The Bertz CT molecular complexity index is 565. The van der Waals surface area contributed by atoms with Crippen LogP contribution >= 0.6 is 0 Å². The molecule has 0 radical (unpaired) electrons. The van der Waals surface area contributed by atoms with Crippen LogP contribution in [0, 0.1) is 5.92 Å². The number of aryl methyl sites for hydroxylation is 1. The molecule has 0 amide bonds. The first-order valence-corrected chi connectivity index (χ1v) is 7.86. The Morgan fingerprint density at radius 2 is 1.95 bits per heavy atom. The molecule has 0 atom stereocenters. The van der Waals surface area contributed by atoms with E-state index in [4.69, 9.17) is 4.74 Å². The van der Waals surface area contributed by atoms with Crippen LogP contribution in [0.4, 0.5) is 0 Å². The van der Waals surface area contributed by atoms with Crippen molar-refractivity contribution in [3.05, 3.63) is 41.7 Å². The van der Waals surface area contributed by atoms with Crippen molar-refractivity contribution >= 4 is 0 Å². The van der Waals surface area contributed by atoms with Gasteiger partial charge in [0, 0.05) is 26.3 Å². The summed E-state index contributed by atoms with van der Waals surface area (Å²) in [5.74, 6) is 1.47. The second-order valence-corrected chi connectivity index (χ2v) is 5.91. The SMILES string of the molecule is Cn1nnc(CN(Cc2ccccc2)CC2CCOCC2)n1. The molecule has 1 aromatic heterocycles. The fraction of sp³-hybridized carbons (Fsp3) is 0.562. The fourth-order valence-electron chi connectivity index (χ4n) is 2.91. The predicted molar refractivity (Wildman–Crippen MR) is 82.9 cm³/mol. The molecule has 0 bridgehead atoms. The van der Waals surface area contributed by atoms with Crippen molar-refractivity contribution in [2.24, 2.45) is 13.0 Å². The molecule has 1 saturated heterocycles. The van der Waals surface area contributed by atoms with Crippen LogP contribution in [0.5, 0.6) is 0 Å². The summed E-state index contributed by atoms with van der Waals surface area (Å²) in [4.78, 5) is 3.94. The predicted octanol–water partition coefficient (Wildman–Crippen LogP) is 1.64. The molecule has 0 N–H and O–H groups in total. The van der Waals surface area contributed by atoms with Crippen LogP contribution in [0.25, 0.3) is 0 Å². The highest BCUT2D eigenvalue weighted by Gasteiger charge is 2.19. The first-order chi connectivity index (χ1) is 10.8. The van der Waals surface area contributed by atoms with E-state index in [0.29, 0.717) is 5.92 Å². The molecule has 2 heterocycles. The monoisotopic (exact) mass is 301 g/mol. The van der Waals surface area contributed by atoms with Gasteiger partial charge in [0.1, 0.15) is 0 Å². The number of ether oxygens (including phenoxy) is 1. The van der Waals surface area contributed by atoms with E-state index in [-0.39, 0.29) is 0 Å². The molecule has 2 aromatic rings. The van der Waals surface area contributed by atoms with Crippen molar-refractivity contribution in [1.82, 2.24) is 25.1 Å². The van der Waals surface area contributed by atoms with Gasteiger partial charge in [-0.25, -0.2) is 0 Å². The number of rotatable bonds is 6. The molecule has 1 aromatic carbocycles. The smallest absolute Gasteiger partial charge is 0.188 e. The zero-order chi connectivity index (χ0) is 15.2. The lowest BCUT2D eigenvalue weighted by Gasteiger charge is -2.29. The summed E-state index contributed by atoms with van der Waals surface area (Å²) >= 11 is 0. The average Bonchev–Trinajstić information content (AvgIpc) is 2.94. The van der Waals surface area contributed by atoms with Crippen LogP contribution in [-0.2, 0) is 24.9 Å². The Kier molecular flexibility index (Phi) is 5.13. The molecule has 6 heteroatoms. The first-order valence-electron chi connectivity index (χ1n) is 7.86. The van der Waals surface area contributed by atoms with Crippen molar-refractivity contribution in [3.8, 4) is 0 Å². The summed E-state index contributed by atoms with van der Waals surface area (Å²) in [6.07, 6.45) is 2.28. The zero-order valence-corrected chi connectivity index (χ0v) is 13.1. The Hall–Kier alpha value is -1.79. The van der Waals surface area contributed by atoms with Gasteiger partial charge in [-0.1, -0.05) is 30.3 Å². The number of nitrogens with zero attached hydrogens (tertiary/aromatic N) is 5. The van der Waals surface area contributed by atoms with Crippen molar-refractivity contribution in [3.63, 3.8) is 0 Å². The number of hydrogen-bond acceptors (Lipinski definition) is 5. The topological polar surface area (TPSA) is 56.1 Å². The molecular formula is C16H23N5O. The van der Waals surface area contributed by atoms with E-state index in [1.54, 1.807) is 7.05 Å². The summed E-state index contributed by atoms with van der Waals surface area (Å²) in [5, 5.41) is 12.4. The first kappa shape index (κ1) is 15.1. The molecule has 0 spiro atoms. The van der Waals surface area contributed by atoms with Gasteiger partial charge in [0.15, 0.2) is 5.82 Å².